The van der Waals surface area contributed by atoms with Crippen LogP contribution in [0.25, 0.3) is 6.08 Å². The van der Waals surface area contributed by atoms with E-state index in [9.17, 15) is 0 Å². The Kier molecular flexibility index (Phi) is 7.72. The van der Waals surface area contributed by atoms with E-state index in [0.29, 0.717) is 19.0 Å². The van der Waals surface area contributed by atoms with E-state index in [-0.39, 0.29) is 5.17 Å². The molecule has 112 valence electrons. The molecule has 1 heterocycles. The quantitative estimate of drug-likeness (QED) is 0.302. The van der Waals surface area contributed by atoms with Crippen LogP contribution in [-0.4, -0.2) is 34.7 Å². The van der Waals surface area contributed by atoms with Gasteiger partial charge in [-0.15, -0.1) is 0 Å². The minimum Gasteiger partial charge on any atom is -0.398 e. The number of rotatable bonds is 9. The number of hydrogen-bond acceptors (Lipinski definition) is 5. The molecule has 0 fully saturated rings. The zero-order chi connectivity index (χ0) is 15.0. The summed E-state index contributed by atoms with van der Waals surface area (Å²) in [5.41, 5.74) is 1.32. The molecule has 5 nitrogen and oxygen atoms in total. The van der Waals surface area contributed by atoms with Crippen LogP contribution in [0.3, 0.4) is 0 Å². The molecule has 0 N–H and O–H groups in total. The maximum atomic E-state index is 6.07. The van der Waals surface area contributed by atoms with Crippen LogP contribution in [0.2, 0.25) is 0 Å². The second-order valence-electron chi connectivity index (χ2n) is 3.92. The lowest BCUT2D eigenvalue weighted by atomic mass is 10.3. The molecular formula is C13H20ClN3O2S. The van der Waals surface area contributed by atoms with E-state index in [2.05, 4.69) is 28.5 Å². The monoisotopic (exact) mass is 317 g/mol. The summed E-state index contributed by atoms with van der Waals surface area (Å²) in [7, 11) is 1.44. The second-order valence-corrected chi connectivity index (χ2v) is 5.05. The third-order valence-corrected chi connectivity index (χ3v) is 3.50. The largest absolute Gasteiger partial charge is 0.398 e. The normalized spacial score (nSPS) is 11.7. The lowest BCUT2D eigenvalue weighted by Crippen LogP contribution is -2.07. The molecule has 0 unspecified atom stereocenters. The van der Waals surface area contributed by atoms with Crippen LogP contribution in [0.4, 0.5) is 0 Å². The predicted octanol–water partition coefficient (Wildman–Crippen LogP) is 3.57. The van der Waals surface area contributed by atoms with Gasteiger partial charge in [-0.25, -0.2) is 4.98 Å². The first-order chi connectivity index (χ1) is 9.69. The summed E-state index contributed by atoms with van der Waals surface area (Å²) in [6.07, 6.45) is 5.78. The molecule has 0 saturated heterocycles. The smallest absolute Gasteiger partial charge is 0.196 e. The Hall–Kier alpha value is -0.980. The van der Waals surface area contributed by atoms with E-state index in [4.69, 9.17) is 16.3 Å². The predicted molar refractivity (Wildman–Crippen MR) is 84.4 cm³/mol. The highest BCUT2D eigenvalue weighted by Crippen LogP contribution is 2.22. The molecule has 0 saturated carbocycles. The SMILES string of the molecule is C=Cc1c(/C(Cl)=N/OC)nc(SC)n1COCCCC. The molecule has 0 aliphatic rings. The number of aromatic nitrogens is 2. The summed E-state index contributed by atoms with van der Waals surface area (Å²) in [5.74, 6) is 0. The van der Waals surface area contributed by atoms with Crippen molar-refractivity contribution in [3.05, 3.63) is 18.0 Å². The third-order valence-electron chi connectivity index (χ3n) is 2.58. The number of thioether (sulfide) groups is 1. The van der Waals surface area contributed by atoms with Crippen molar-refractivity contribution in [3.63, 3.8) is 0 Å². The average molecular weight is 318 g/mol. The van der Waals surface area contributed by atoms with Gasteiger partial charge in [0.2, 0.25) is 0 Å². The molecule has 0 atom stereocenters. The molecule has 0 aliphatic heterocycles. The van der Waals surface area contributed by atoms with E-state index in [1.165, 1.54) is 18.9 Å². The van der Waals surface area contributed by atoms with Crippen LogP contribution in [-0.2, 0) is 16.3 Å². The van der Waals surface area contributed by atoms with Gasteiger partial charge in [-0.2, -0.15) is 0 Å². The highest BCUT2D eigenvalue weighted by molar-refractivity contribution is 7.98. The van der Waals surface area contributed by atoms with Gasteiger partial charge in [-0.1, -0.05) is 48.4 Å². The van der Waals surface area contributed by atoms with Gasteiger partial charge in [0.05, 0.1) is 5.69 Å². The Balaban J connectivity index is 3.02. The second kappa shape index (κ2) is 9.05. The Bertz CT molecular complexity index is 474. The average Bonchev–Trinajstić information content (AvgIpc) is 2.81. The van der Waals surface area contributed by atoms with Crippen molar-refractivity contribution in [2.45, 2.75) is 31.7 Å². The maximum absolute atomic E-state index is 6.07. The Morgan fingerprint density at radius 3 is 2.90 bits per heavy atom. The van der Waals surface area contributed by atoms with E-state index < -0.39 is 0 Å². The first-order valence-corrected chi connectivity index (χ1v) is 7.91. The molecule has 0 bridgehead atoms. The summed E-state index contributed by atoms with van der Waals surface area (Å²) in [4.78, 5) is 9.14. The molecule has 1 aromatic rings. The number of nitrogens with zero attached hydrogens (tertiary/aromatic N) is 3. The topological polar surface area (TPSA) is 48.6 Å². The van der Waals surface area contributed by atoms with Gasteiger partial charge in [0.25, 0.3) is 0 Å². The lowest BCUT2D eigenvalue weighted by Gasteiger charge is -2.09. The molecular weight excluding hydrogens is 298 g/mol. The van der Waals surface area contributed by atoms with Crippen molar-refractivity contribution in [2.24, 2.45) is 5.16 Å². The molecule has 0 spiro atoms. The fraction of sp³-hybridized carbons (Fsp3) is 0.538. The number of halogens is 1. The van der Waals surface area contributed by atoms with Crippen LogP contribution in [0, 0.1) is 0 Å². The fourth-order valence-electron chi connectivity index (χ4n) is 1.61. The van der Waals surface area contributed by atoms with Crippen LogP contribution in [0.1, 0.15) is 31.2 Å². The van der Waals surface area contributed by atoms with Crippen molar-refractivity contribution in [3.8, 4) is 0 Å². The van der Waals surface area contributed by atoms with Gasteiger partial charge in [-0.05, 0) is 18.8 Å². The maximum Gasteiger partial charge on any atom is 0.196 e. The van der Waals surface area contributed by atoms with Crippen LogP contribution < -0.4 is 0 Å². The molecule has 20 heavy (non-hydrogen) atoms. The zero-order valence-corrected chi connectivity index (χ0v) is 13.6. The Labute approximate surface area is 129 Å². The number of ether oxygens (including phenoxy) is 1. The zero-order valence-electron chi connectivity index (χ0n) is 12.1. The summed E-state index contributed by atoms with van der Waals surface area (Å²) >= 11 is 7.58. The third kappa shape index (κ3) is 4.26. The summed E-state index contributed by atoms with van der Waals surface area (Å²) in [6.45, 7) is 7.07. The number of hydrogen-bond donors (Lipinski definition) is 0. The van der Waals surface area contributed by atoms with E-state index >= 15 is 0 Å². The molecule has 1 rings (SSSR count). The van der Waals surface area contributed by atoms with Gasteiger partial charge >= 0.3 is 0 Å². The van der Waals surface area contributed by atoms with E-state index in [1.807, 2.05) is 10.8 Å². The highest BCUT2D eigenvalue weighted by Gasteiger charge is 2.18. The highest BCUT2D eigenvalue weighted by atomic mass is 35.5. The first-order valence-electron chi connectivity index (χ1n) is 6.31. The Morgan fingerprint density at radius 2 is 2.35 bits per heavy atom. The number of oxime groups is 1. The summed E-state index contributed by atoms with van der Waals surface area (Å²) in [6, 6.07) is 0. The molecule has 0 aromatic carbocycles. The number of imidazole rings is 1. The first kappa shape index (κ1) is 17.1. The van der Waals surface area contributed by atoms with E-state index in [0.717, 1.165) is 23.7 Å². The summed E-state index contributed by atoms with van der Waals surface area (Å²) < 4.78 is 7.57. The van der Waals surface area contributed by atoms with Crippen LogP contribution >= 0.6 is 23.4 Å². The van der Waals surface area contributed by atoms with Crippen molar-refractivity contribution in [2.75, 3.05) is 20.0 Å². The summed E-state index contributed by atoms with van der Waals surface area (Å²) in [5, 5.41) is 4.71. The van der Waals surface area contributed by atoms with Crippen LogP contribution in [0.5, 0.6) is 0 Å². The minimum absolute atomic E-state index is 0.199. The van der Waals surface area contributed by atoms with Crippen molar-refractivity contribution < 1.29 is 9.57 Å². The van der Waals surface area contributed by atoms with Gasteiger partial charge in [-0.3, -0.25) is 4.57 Å². The molecule has 0 radical (unpaired) electrons. The van der Waals surface area contributed by atoms with Crippen molar-refractivity contribution >= 4 is 34.6 Å². The van der Waals surface area contributed by atoms with Crippen LogP contribution in [0.15, 0.2) is 16.9 Å². The fourth-order valence-corrected chi connectivity index (χ4v) is 2.37. The van der Waals surface area contributed by atoms with E-state index in [1.54, 1.807) is 6.08 Å². The molecule has 7 heteroatoms. The number of unbranched alkanes of at least 4 members (excludes halogenated alkanes) is 1. The molecule has 0 aliphatic carbocycles. The van der Waals surface area contributed by atoms with Gasteiger partial charge in [0, 0.05) is 6.61 Å². The van der Waals surface area contributed by atoms with Gasteiger partial charge in [0.1, 0.15) is 19.5 Å². The van der Waals surface area contributed by atoms with Gasteiger partial charge < -0.3 is 9.57 Å². The van der Waals surface area contributed by atoms with Gasteiger partial charge in [0.15, 0.2) is 10.3 Å². The standard InChI is InChI=1S/C13H20ClN3O2S/c1-5-7-8-19-9-17-10(6-2)11(12(14)16-18-3)15-13(17)20-4/h6H,2,5,7-9H2,1,3-4H3/b16-12-. The van der Waals surface area contributed by atoms with Crippen molar-refractivity contribution in [1.29, 1.82) is 0 Å². The molecule has 1 aromatic heterocycles. The molecule has 0 amide bonds. The Morgan fingerprint density at radius 1 is 1.60 bits per heavy atom. The lowest BCUT2D eigenvalue weighted by molar-refractivity contribution is 0.0690. The van der Waals surface area contributed by atoms with Crippen molar-refractivity contribution in [1.82, 2.24) is 9.55 Å². The minimum atomic E-state index is 0.199.